The van der Waals surface area contributed by atoms with Crippen LogP contribution in [-0.4, -0.2) is 7.11 Å². The molecule has 1 nitrogen and oxygen atoms in total. The lowest BCUT2D eigenvalue weighted by molar-refractivity contribution is 0.276. The minimum absolute atomic E-state index is 0.144. The van der Waals surface area contributed by atoms with Crippen LogP contribution in [0.3, 0.4) is 0 Å². The molecule has 0 amide bonds. The fourth-order valence-electron chi connectivity index (χ4n) is 2.90. The quantitative estimate of drug-likeness (QED) is 0.642. The normalized spacial score (nSPS) is 22.9. The van der Waals surface area contributed by atoms with E-state index in [-0.39, 0.29) is 10.9 Å². The highest BCUT2D eigenvalue weighted by molar-refractivity contribution is 8.07. The van der Waals surface area contributed by atoms with Gasteiger partial charge in [0.25, 0.3) is 0 Å². The van der Waals surface area contributed by atoms with Gasteiger partial charge in [0, 0.05) is 19.3 Å². The van der Waals surface area contributed by atoms with E-state index in [0.717, 1.165) is 18.6 Å². The number of ether oxygens (including phenoxy) is 1. The van der Waals surface area contributed by atoms with E-state index in [2.05, 4.69) is 48.6 Å². The average Bonchev–Trinajstić information content (AvgIpc) is 2.58. The third-order valence-corrected chi connectivity index (χ3v) is 6.54. The molecule has 3 aliphatic carbocycles. The van der Waals surface area contributed by atoms with E-state index in [1.807, 2.05) is 0 Å². The summed E-state index contributed by atoms with van der Waals surface area (Å²) in [6, 6.07) is 0. The Hall–Kier alpha value is -1.41. The van der Waals surface area contributed by atoms with E-state index in [1.54, 1.807) is 16.9 Å². The molecule has 0 aliphatic heterocycles. The van der Waals surface area contributed by atoms with Crippen LogP contribution in [0.5, 0.6) is 0 Å². The number of allylic oxidation sites excluding steroid dienone is 11. The molecule has 3 rings (SSSR count). The molecule has 110 valence electrons. The second-order valence-corrected chi connectivity index (χ2v) is 7.59. The van der Waals surface area contributed by atoms with Crippen molar-refractivity contribution in [3.8, 4) is 0 Å². The lowest BCUT2D eigenvalue weighted by Gasteiger charge is -2.19. The first-order valence-corrected chi connectivity index (χ1v) is 9.01. The monoisotopic (exact) mass is 299 g/mol. The van der Waals surface area contributed by atoms with Crippen molar-refractivity contribution in [1.29, 1.82) is 0 Å². The summed E-state index contributed by atoms with van der Waals surface area (Å²) >= 11 is 0. The van der Waals surface area contributed by atoms with Crippen LogP contribution >= 0.6 is 0 Å². The predicted molar refractivity (Wildman–Crippen MR) is 92.7 cm³/mol. The van der Waals surface area contributed by atoms with Gasteiger partial charge in [-0.1, -0.05) is 18.2 Å². The van der Waals surface area contributed by atoms with Crippen LogP contribution in [0.4, 0.5) is 0 Å². The van der Waals surface area contributed by atoms with Crippen molar-refractivity contribution in [2.45, 2.75) is 38.5 Å². The van der Waals surface area contributed by atoms with Gasteiger partial charge >= 0.3 is 0 Å². The maximum absolute atomic E-state index is 5.38. The number of methoxy groups -OCH3 is 1. The molecule has 0 saturated carbocycles. The molecule has 0 aromatic rings. The van der Waals surface area contributed by atoms with Crippen molar-refractivity contribution >= 4 is 10.9 Å². The van der Waals surface area contributed by atoms with Crippen molar-refractivity contribution in [1.82, 2.24) is 0 Å². The van der Waals surface area contributed by atoms with Gasteiger partial charge in [-0.05, 0) is 49.6 Å². The van der Waals surface area contributed by atoms with Crippen molar-refractivity contribution in [2.75, 3.05) is 7.11 Å². The van der Waals surface area contributed by atoms with E-state index in [4.69, 9.17) is 4.74 Å². The molecule has 0 spiro atoms. The van der Waals surface area contributed by atoms with E-state index in [0.29, 0.717) is 0 Å². The highest BCUT2D eigenvalue weighted by atomic mass is 32.2. The van der Waals surface area contributed by atoms with Gasteiger partial charge < -0.3 is 4.74 Å². The first kappa shape index (κ1) is 14.5. The first-order chi connectivity index (χ1) is 10.4. The van der Waals surface area contributed by atoms with Gasteiger partial charge in [0.15, 0.2) is 4.91 Å². The maximum atomic E-state index is 5.38. The van der Waals surface area contributed by atoms with Crippen LogP contribution in [0.1, 0.15) is 38.5 Å². The lowest BCUT2D eigenvalue weighted by atomic mass is 10.1. The van der Waals surface area contributed by atoms with E-state index < -0.39 is 0 Å². The molecule has 3 aliphatic rings. The summed E-state index contributed by atoms with van der Waals surface area (Å²) in [7, 11) is 1.91. The third kappa shape index (κ3) is 3.44. The summed E-state index contributed by atoms with van der Waals surface area (Å²) in [6.07, 6.45) is 25.3. The molecule has 0 aromatic heterocycles. The molecule has 0 fully saturated rings. The third-order valence-electron chi connectivity index (χ3n) is 4.03. The van der Waals surface area contributed by atoms with Crippen LogP contribution in [0, 0.1) is 0 Å². The molecule has 0 N–H and O–H groups in total. The second-order valence-electron chi connectivity index (χ2n) is 5.46. The molecule has 1 unspecified atom stereocenters. The maximum Gasteiger partial charge on any atom is 0.161 e. The standard InChI is InChI=1S/C19H23OS/c1-20-16-12-14-19(15-13-16)21(17-8-4-2-5-9-17)18-10-6-3-7-11-18/h2,4,6,8,10-12,14H,3,5,7,9,13,15H2,1H3/q+1. The van der Waals surface area contributed by atoms with E-state index in [9.17, 15) is 0 Å². The van der Waals surface area contributed by atoms with Gasteiger partial charge in [-0.2, -0.15) is 0 Å². The smallest absolute Gasteiger partial charge is 0.161 e. The molecule has 2 heteroatoms. The Bertz CT molecular complexity index is 572. The Kier molecular flexibility index (Phi) is 4.87. The topological polar surface area (TPSA) is 9.23 Å². The Morgan fingerprint density at radius 3 is 2.43 bits per heavy atom. The highest BCUT2D eigenvalue weighted by Gasteiger charge is 2.35. The number of hydrogen-bond donors (Lipinski definition) is 0. The summed E-state index contributed by atoms with van der Waals surface area (Å²) < 4.78 is 5.38. The Balaban J connectivity index is 1.93. The van der Waals surface area contributed by atoms with Crippen molar-refractivity contribution < 1.29 is 4.74 Å². The zero-order valence-corrected chi connectivity index (χ0v) is 13.5. The molecule has 0 saturated heterocycles. The van der Waals surface area contributed by atoms with Crippen LogP contribution in [0.2, 0.25) is 0 Å². The largest absolute Gasteiger partial charge is 0.501 e. The van der Waals surface area contributed by atoms with Gasteiger partial charge in [-0.25, -0.2) is 0 Å². The van der Waals surface area contributed by atoms with E-state index >= 15 is 0 Å². The summed E-state index contributed by atoms with van der Waals surface area (Å²) in [5, 5.41) is 0. The Labute approximate surface area is 130 Å². The fraction of sp³-hybridized carbons (Fsp3) is 0.368. The number of rotatable bonds is 4. The Morgan fingerprint density at radius 1 is 0.905 bits per heavy atom. The van der Waals surface area contributed by atoms with Crippen LogP contribution in [0.15, 0.2) is 69.1 Å². The second kappa shape index (κ2) is 7.04. The molecule has 21 heavy (non-hydrogen) atoms. The molecule has 0 radical (unpaired) electrons. The number of hydrogen-bond acceptors (Lipinski definition) is 1. The van der Waals surface area contributed by atoms with Crippen molar-refractivity contribution in [3.63, 3.8) is 0 Å². The van der Waals surface area contributed by atoms with Crippen molar-refractivity contribution in [2.24, 2.45) is 0 Å². The van der Waals surface area contributed by atoms with Gasteiger partial charge in [-0.3, -0.25) is 0 Å². The van der Waals surface area contributed by atoms with E-state index in [1.165, 1.54) is 30.6 Å². The molecule has 1 atom stereocenters. The average molecular weight is 299 g/mol. The fourth-order valence-corrected chi connectivity index (χ4v) is 5.41. The Morgan fingerprint density at radius 2 is 1.81 bits per heavy atom. The summed E-state index contributed by atoms with van der Waals surface area (Å²) in [5.41, 5.74) is 0. The zero-order valence-electron chi connectivity index (χ0n) is 12.7. The van der Waals surface area contributed by atoms with Crippen LogP contribution in [-0.2, 0) is 15.6 Å². The minimum Gasteiger partial charge on any atom is -0.501 e. The molecule has 0 aromatic carbocycles. The minimum atomic E-state index is 0.144. The summed E-state index contributed by atoms with van der Waals surface area (Å²) in [5.74, 6) is 1.10. The highest BCUT2D eigenvalue weighted by Crippen LogP contribution is 2.38. The molecular formula is C19H23OS+. The van der Waals surface area contributed by atoms with Gasteiger partial charge in [-0.15, -0.1) is 0 Å². The molecule has 0 bridgehead atoms. The van der Waals surface area contributed by atoms with Gasteiger partial charge in [0.2, 0.25) is 0 Å². The van der Waals surface area contributed by atoms with Gasteiger partial charge in [0.1, 0.15) is 9.81 Å². The summed E-state index contributed by atoms with van der Waals surface area (Å²) in [4.78, 5) is 4.68. The van der Waals surface area contributed by atoms with Crippen LogP contribution < -0.4 is 0 Å². The zero-order chi connectivity index (χ0) is 14.5. The lowest BCUT2D eigenvalue weighted by Crippen LogP contribution is -2.14. The summed E-state index contributed by atoms with van der Waals surface area (Å²) in [6.45, 7) is 0. The molecular weight excluding hydrogens is 276 g/mol. The molecule has 0 heterocycles. The van der Waals surface area contributed by atoms with Gasteiger partial charge in [0.05, 0.1) is 23.8 Å². The first-order valence-electron chi connectivity index (χ1n) is 7.79. The van der Waals surface area contributed by atoms with Crippen LogP contribution in [0.25, 0.3) is 0 Å². The van der Waals surface area contributed by atoms with Crippen molar-refractivity contribution in [3.05, 3.63) is 69.1 Å². The predicted octanol–water partition coefficient (Wildman–Crippen LogP) is 5.28. The SMILES string of the molecule is COC1=CC=C([S+](C2=CCCC=C2)C2=CC=CCC2)CC1.